The molecule has 8 heteroatoms. The van der Waals surface area contributed by atoms with Gasteiger partial charge in [0.1, 0.15) is 16.6 Å². The van der Waals surface area contributed by atoms with Crippen LogP contribution in [0.1, 0.15) is 157 Å². The van der Waals surface area contributed by atoms with Crippen molar-refractivity contribution >= 4 is 23.9 Å². The van der Waals surface area contributed by atoms with Gasteiger partial charge in [-0.2, -0.15) is 0 Å². The van der Waals surface area contributed by atoms with Crippen LogP contribution in [0.15, 0.2) is 35.5 Å². The van der Waals surface area contributed by atoms with E-state index in [1.165, 1.54) is 91.1 Å². The molecule has 0 unspecified atom stereocenters. The van der Waals surface area contributed by atoms with Crippen molar-refractivity contribution in [3.63, 3.8) is 0 Å². The highest BCUT2D eigenvalue weighted by molar-refractivity contribution is 5.90. The summed E-state index contributed by atoms with van der Waals surface area (Å²) in [4.78, 5) is 51.2. The van der Waals surface area contributed by atoms with E-state index in [4.69, 9.17) is 18.9 Å². The average molecular weight is 685 g/mol. The van der Waals surface area contributed by atoms with E-state index in [9.17, 15) is 19.2 Å². The summed E-state index contributed by atoms with van der Waals surface area (Å²) in [5.41, 5.74) is -2.33. The van der Waals surface area contributed by atoms with Gasteiger partial charge in [0.25, 0.3) is 0 Å². The van der Waals surface area contributed by atoms with Crippen molar-refractivity contribution in [1.82, 2.24) is 0 Å². The molecule has 2 aliphatic carbocycles. The van der Waals surface area contributed by atoms with E-state index < -0.39 is 34.5 Å². The maximum absolute atomic E-state index is 13.8. The largest absolute Gasteiger partial charge is 0.466 e. The molecule has 0 amide bonds. The Morgan fingerprint density at radius 3 is 2.08 bits per heavy atom. The molecule has 0 radical (unpaired) electrons. The van der Waals surface area contributed by atoms with Gasteiger partial charge in [-0.1, -0.05) is 116 Å². The summed E-state index contributed by atoms with van der Waals surface area (Å²) in [6.07, 6.45) is 26.8. The lowest BCUT2D eigenvalue weighted by atomic mass is 9.62. The Balaban J connectivity index is 1.40. The predicted octanol–water partition coefficient (Wildman–Crippen LogP) is 9.45. The molecule has 0 spiro atoms. The molecule has 1 aliphatic heterocycles. The Hall–Kier alpha value is -2.90. The lowest BCUT2D eigenvalue weighted by Crippen LogP contribution is -2.65. The van der Waals surface area contributed by atoms with Crippen molar-refractivity contribution in [2.75, 3.05) is 13.7 Å². The molecule has 276 valence electrons. The minimum Gasteiger partial charge on any atom is -0.466 e. The second kappa shape index (κ2) is 19.5. The van der Waals surface area contributed by atoms with Crippen molar-refractivity contribution in [2.45, 2.75) is 168 Å². The molecule has 3 rings (SSSR count). The van der Waals surface area contributed by atoms with E-state index in [1.54, 1.807) is 31.2 Å². The number of cyclic esters (lactones) is 1. The van der Waals surface area contributed by atoms with Gasteiger partial charge in [-0.05, 0) is 64.4 Å². The quantitative estimate of drug-likeness (QED) is 0.0387. The first kappa shape index (κ1) is 40.5. The van der Waals surface area contributed by atoms with Gasteiger partial charge < -0.3 is 18.9 Å². The van der Waals surface area contributed by atoms with Crippen molar-refractivity contribution in [3.8, 4) is 0 Å². The molecule has 0 aromatic rings. The molecule has 1 saturated carbocycles. The van der Waals surface area contributed by atoms with Gasteiger partial charge in [0, 0.05) is 24.0 Å². The number of carbonyl (C=O) groups is 4. The zero-order chi connectivity index (χ0) is 35.9. The molecular formula is C41H64O8. The second-order valence-electron chi connectivity index (χ2n) is 15.3. The fourth-order valence-corrected chi connectivity index (χ4v) is 8.33. The van der Waals surface area contributed by atoms with Crippen LogP contribution in [0.2, 0.25) is 0 Å². The van der Waals surface area contributed by atoms with Crippen LogP contribution < -0.4 is 0 Å². The standard InChI is InChI=1S/C41H64O8/c1-31(2)21-18-16-14-12-10-8-7-9-11-13-15-17-19-30-47-36(43)32(3)22-20-26-39(5)35-25-28-40(38(45)49-39)27-23-34(37(44)46-6)24-29-41(35,40)48-33(4)42/h20,22-23,26,31,35H,7-19,21,24-25,27-30H2,1-6H3/b26-20+,32-22+/t35-,39+,40+,41-/m0/s1. The van der Waals surface area contributed by atoms with Gasteiger partial charge in [0.2, 0.25) is 0 Å². The van der Waals surface area contributed by atoms with E-state index in [1.807, 2.05) is 6.92 Å². The highest BCUT2D eigenvalue weighted by Gasteiger charge is 2.74. The summed E-state index contributed by atoms with van der Waals surface area (Å²) in [5, 5.41) is 0. The summed E-state index contributed by atoms with van der Waals surface area (Å²) in [7, 11) is 1.33. The molecule has 2 fully saturated rings. The topological polar surface area (TPSA) is 105 Å². The van der Waals surface area contributed by atoms with Crippen LogP contribution in [0.3, 0.4) is 0 Å². The zero-order valence-electron chi connectivity index (χ0n) is 31.4. The first-order valence-corrected chi connectivity index (χ1v) is 19.1. The lowest BCUT2D eigenvalue weighted by Gasteiger charge is -2.54. The summed E-state index contributed by atoms with van der Waals surface area (Å²) in [5.74, 6) is -1.20. The van der Waals surface area contributed by atoms with Crippen LogP contribution >= 0.6 is 0 Å². The number of methoxy groups -OCH3 is 1. The van der Waals surface area contributed by atoms with Crippen LogP contribution in [0.25, 0.3) is 0 Å². The van der Waals surface area contributed by atoms with Crippen LogP contribution in [0.4, 0.5) is 0 Å². The molecule has 0 aromatic carbocycles. The van der Waals surface area contributed by atoms with Crippen molar-refractivity contribution < 1.29 is 38.1 Å². The highest BCUT2D eigenvalue weighted by atomic mass is 16.6. The van der Waals surface area contributed by atoms with Crippen LogP contribution in [0, 0.1) is 17.3 Å². The minimum absolute atomic E-state index is 0.240. The smallest absolute Gasteiger partial charge is 0.333 e. The van der Waals surface area contributed by atoms with Crippen LogP contribution in [-0.4, -0.2) is 48.8 Å². The molecule has 2 bridgehead atoms. The summed E-state index contributed by atoms with van der Waals surface area (Å²) in [6, 6.07) is 0. The van der Waals surface area contributed by atoms with E-state index in [0.717, 1.165) is 18.8 Å². The number of hydrogen-bond acceptors (Lipinski definition) is 8. The molecule has 1 heterocycles. The number of unbranched alkanes of at least 4 members (excludes halogenated alkanes) is 12. The Kier molecular flexibility index (Phi) is 16.1. The molecule has 1 saturated heterocycles. The number of ether oxygens (including phenoxy) is 4. The predicted molar refractivity (Wildman–Crippen MR) is 191 cm³/mol. The highest BCUT2D eigenvalue weighted by Crippen LogP contribution is 2.65. The number of hydrogen-bond donors (Lipinski definition) is 0. The Morgan fingerprint density at radius 2 is 1.51 bits per heavy atom. The number of rotatable bonds is 21. The third-order valence-electron chi connectivity index (χ3n) is 11.1. The molecular weight excluding hydrogens is 620 g/mol. The van der Waals surface area contributed by atoms with E-state index >= 15 is 0 Å². The fourth-order valence-electron chi connectivity index (χ4n) is 8.33. The van der Waals surface area contributed by atoms with Gasteiger partial charge in [-0.3, -0.25) is 9.59 Å². The van der Waals surface area contributed by atoms with Crippen LogP contribution in [0.5, 0.6) is 0 Å². The number of allylic oxidation sites excluding steroid dienone is 3. The Bertz CT molecular complexity index is 1210. The first-order valence-electron chi connectivity index (χ1n) is 19.1. The molecule has 8 nitrogen and oxygen atoms in total. The normalized spacial score (nSPS) is 26.6. The first-order chi connectivity index (χ1) is 23.4. The summed E-state index contributed by atoms with van der Waals surface area (Å²) >= 11 is 0. The van der Waals surface area contributed by atoms with Crippen LogP contribution in [-0.2, 0) is 38.1 Å². The molecule has 4 atom stereocenters. The average Bonchev–Trinajstić information content (AvgIpc) is 3.20. The SMILES string of the molecule is COC(=O)C1=CC[C@@]23CC[C@@H]([C@@](C)(/C=C/C=C(\C)C(=O)OCCCCCCCCCCCCCCCC(C)C)OC2=O)[C@@]3(OC(C)=O)CC1. The van der Waals surface area contributed by atoms with Gasteiger partial charge in [0.15, 0.2) is 0 Å². The molecule has 3 aliphatic rings. The Labute approximate surface area is 295 Å². The second-order valence-corrected chi connectivity index (χ2v) is 15.3. The van der Waals surface area contributed by atoms with Gasteiger partial charge in [-0.15, -0.1) is 0 Å². The van der Waals surface area contributed by atoms with E-state index in [2.05, 4.69) is 13.8 Å². The van der Waals surface area contributed by atoms with Crippen molar-refractivity contribution in [3.05, 3.63) is 35.5 Å². The summed E-state index contributed by atoms with van der Waals surface area (Å²) < 4.78 is 22.7. The maximum Gasteiger partial charge on any atom is 0.333 e. The minimum atomic E-state index is -1.12. The van der Waals surface area contributed by atoms with Crippen molar-refractivity contribution in [2.24, 2.45) is 17.3 Å². The molecule has 0 N–H and O–H groups in total. The Morgan fingerprint density at radius 1 is 0.918 bits per heavy atom. The molecule has 0 aromatic heterocycles. The summed E-state index contributed by atoms with van der Waals surface area (Å²) in [6.45, 7) is 9.90. The van der Waals surface area contributed by atoms with Gasteiger partial charge in [0.05, 0.1) is 13.7 Å². The fraction of sp³-hybridized carbons (Fsp3) is 0.756. The van der Waals surface area contributed by atoms with E-state index in [-0.39, 0.29) is 18.3 Å². The third kappa shape index (κ3) is 10.8. The van der Waals surface area contributed by atoms with Gasteiger partial charge >= 0.3 is 23.9 Å². The lowest BCUT2D eigenvalue weighted by molar-refractivity contribution is -0.235. The maximum atomic E-state index is 13.8. The number of carbonyl (C=O) groups excluding carboxylic acids is 4. The van der Waals surface area contributed by atoms with Crippen molar-refractivity contribution in [1.29, 1.82) is 0 Å². The number of esters is 4. The molecule has 49 heavy (non-hydrogen) atoms. The monoisotopic (exact) mass is 684 g/mol. The third-order valence-corrected chi connectivity index (χ3v) is 11.1. The zero-order valence-corrected chi connectivity index (χ0v) is 31.4. The van der Waals surface area contributed by atoms with Gasteiger partial charge in [-0.25, -0.2) is 9.59 Å². The van der Waals surface area contributed by atoms with E-state index in [0.29, 0.717) is 43.4 Å².